The minimum Gasteiger partial charge on any atom is -0.497 e. The van der Waals surface area contributed by atoms with Crippen LogP contribution in [-0.4, -0.2) is 24.7 Å². The van der Waals surface area contributed by atoms with Crippen molar-refractivity contribution in [2.45, 2.75) is 11.4 Å². The molecule has 0 fully saturated rings. The lowest BCUT2D eigenvalue weighted by molar-refractivity contribution is -0.113. The minimum absolute atomic E-state index is 0.163. The molecule has 2 aromatic carbocycles. The van der Waals surface area contributed by atoms with Crippen molar-refractivity contribution in [2.24, 2.45) is 0 Å². The Morgan fingerprint density at radius 3 is 2.71 bits per heavy atom. The van der Waals surface area contributed by atoms with Crippen molar-refractivity contribution >= 4 is 29.3 Å². The van der Waals surface area contributed by atoms with Crippen LogP contribution < -0.4 is 15.4 Å². The third-order valence-corrected chi connectivity index (χ3v) is 4.92. The van der Waals surface area contributed by atoms with E-state index in [1.165, 1.54) is 11.8 Å². The molecule has 0 aliphatic carbocycles. The second-order valence-electron chi connectivity index (χ2n) is 5.83. The Kier molecular flexibility index (Phi) is 6.75. The molecule has 3 aromatic rings. The van der Waals surface area contributed by atoms with Crippen LogP contribution in [0.3, 0.4) is 0 Å². The Balaban J connectivity index is 1.58. The smallest absolute Gasteiger partial charge is 0.252 e. The summed E-state index contributed by atoms with van der Waals surface area (Å²) in [5, 5.41) is 5.65. The van der Waals surface area contributed by atoms with E-state index in [9.17, 15) is 9.59 Å². The van der Waals surface area contributed by atoms with E-state index in [1.54, 1.807) is 55.8 Å². The summed E-state index contributed by atoms with van der Waals surface area (Å²) in [5.41, 5.74) is 1.18. The number of nitrogens with one attached hydrogen (secondary N) is 2. The molecule has 0 aliphatic rings. The molecule has 1 aromatic heterocycles. The highest BCUT2D eigenvalue weighted by atomic mass is 32.2. The number of rotatable bonds is 8. The lowest BCUT2D eigenvalue weighted by Crippen LogP contribution is -2.23. The van der Waals surface area contributed by atoms with E-state index in [0.29, 0.717) is 29.3 Å². The highest BCUT2D eigenvalue weighted by Crippen LogP contribution is 2.23. The first-order valence-corrected chi connectivity index (χ1v) is 9.60. The van der Waals surface area contributed by atoms with Crippen molar-refractivity contribution in [1.82, 2.24) is 5.32 Å². The van der Waals surface area contributed by atoms with E-state index >= 15 is 0 Å². The quantitative estimate of drug-likeness (QED) is 0.564. The molecule has 6 nitrogen and oxygen atoms in total. The lowest BCUT2D eigenvalue weighted by atomic mass is 10.2. The van der Waals surface area contributed by atoms with Gasteiger partial charge in [0.2, 0.25) is 5.91 Å². The first-order chi connectivity index (χ1) is 13.7. The number of furan rings is 1. The summed E-state index contributed by atoms with van der Waals surface area (Å²) in [7, 11) is 1.57. The molecule has 0 unspecified atom stereocenters. The summed E-state index contributed by atoms with van der Waals surface area (Å²) >= 11 is 1.31. The number of ether oxygens (including phenoxy) is 1. The van der Waals surface area contributed by atoms with E-state index in [4.69, 9.17) is 9.15 Å². The van der Waals surface area contributed by atoms with Gasteiger partial charge in [-0.2, -0.15) is 0 Å². The van der Waals surface area contributed by atoms with Crippen LogP contribution in [-0.2, 0) is 11.3 Å². The van der Waals surface area contributed by atoms with Crippen molar-refractivity contribution in [3.05, 3.63) is 78.3 Å². The maximum absolute atomic E-state index is 12.5. The molecule has 0 saturated heterocycles. The Morgan fingerprint density at radius 2 is 1.93 bits per heavy atom. The van der Waals surface area contributed by atoms with E-state index in [-0.39, 0.29) is 17.6 Å². The fourth-order valence-corrected chi connectivity index (χ4v) is 3.35. The van der Waals surface area contributed by atoms with Gasteiger partial charge < -0.3 is 19.8 Å². The number of anilines is 1. The van der Waals surface area contributed by atoms with Crippen molar-refractivity contribution in [1.29, 1.82) is 0 Å². The number of methoxy groups -OCH3 is 1. The number of amides is 2. The number of thioether (sulfide) groups is 1. The Morgan fingerprint density at radius 1 is 1.07 bits per heavy atom. The number of carbonyl (C=O) groups excluding carboxylic acids is 2. The standard InChI is InChI=1S/C21H20N2O4S/c1-26-16-7-4-6-15(12-16)23-20(24)14-28-19-10-3-2-9-18(19)21(25)22-13-17-8-5-11-27-17/h2-12H,13-14H2,1H3,(H,22,25)(H,23,24). The zero-order valence-corrected chi connectivity index (χ0v) is 16.1. The third kappa shape index (κ3) is 5.40. The molecule has 0 atom stereocenters. The van der Waals surface area contributed by atoms with Crippen LogP contribution in [0.2, 0.25) is 0 Å². The first kappa shape index (κ1) is 19.6. The van der Waals surface area contributed by atoms with Crippen LogP contribution in [0.1, 0.15) is 16.1 Å². The second-order valence-corrected chi connectivity index (χ2v) is 6.84. The Hall–Kier alpha value is -3.19. The third-order valence-electron chi connectivity index (χ3n) is 3.85. The van der Waals surface area contributed by atoms with Gasteiger partial charge in [0, 0.05) is 16.6 Å². The van der Waals surface area contributed by atoms with Crippen LogP contribution >= 0.6 is 11.8 Å². The van der Waals surface area contributed by atoms with Gasteiger partial charge in [-0.1, -0.05) is 18.2 Å². The molecule has 0 saturated carbocycles. The molecule has 144 valence electrons. The molecule has 3 rings (SSSR count). The molecule has 2 N–H and O–H groups in total. The Labute approximate surface area is 167 Å². The zero-order chi connectivity index (χ0) is 19.8. The number of benzene rings is 2. The van der Waals surface area contributed by atoms with E-state index in [0.717, 1.165) is 4.90 Å². The second kappa shape index (κ2) is 9.66. The van der Waals surface area contributed by atoms with Gasteiger partial charge in [0.05, 0.1) is 31.2 Å². The molecule has 0 spiro atoms. The average Bonchev–Trinajstić information content (AvgIpc) is 3.24. The molecular formula is C21H20N2O4S. The molecule has 7 heteroatoms. The molecule has 28 heavy (non-hydrogen) atoms. The topological polar surface area (TPSA) is 80.6 Å². The molecule has 2 amide bonds. The first-order valence-electron chi connectivity index (χ1n) is 8.62. The highest BCUT2D eigenvalue weighted by Gasteiger charge is 2.13. The summed E-state index contributed by atoms with van der Waals surface area (Å²) in [5.74, 6) is 1.15. The van der Waals surface area contributed by atoms with Gasteiger partial charge >= 0.3 is 0 Å². The predicted molar refractivity (Wildman–Crippen MR) is 109 cm³/mol. The minimum atomic E-state index is -0.215. The SMILES string of the molecule is COc1cccc(NC(=O)CSc2ccccc2C(=O)NCc2ccco2)c1. The summed E-state index contributed by atoms with van der Waals surface area (Å²) in [4.78, 5) is 25.5. The van der Waals surface area contributed by atoms with Crippen LogP contribution in [0, 0.1) is 0 Å². The average molecular weight is 396 g/mol. The summed E-state index contributed by atoms with van der Waals surface area (Å²) < 4.78 is 10.4. The summed E-state index contributed by atoms with van der Waals surface area (Å²) in [6.45, 7) is 0.307. The van der Waals surface area contributed by atoms with Crippen molar-refractivity contribution in [3.8, 4) is 5.75 Å². The van der Waals surface area contributed by atoms with Gasteiger partial charge in [0.25, 0.3) is 5.91 Å². The maximum Gasteiger partial charge on any atom is 0.252 e. The monoisotopic (exact) mass is 396 g/mol. The van der Waals surface area contributed by atoms with Gasteiger partial charge in [-0.15, -0.1) is 11.8 Å². The summed E-state index contributed by atoms with van der Waals surface area (Å²) in [6, 6.07) is 17.9. The lowest BCUT2D eigenvalue weighted by Gasteiger charge is -2.10. The number of hydrogen-bond acceptors (Lipinski definition) is 5. The maximum atomic E-state index is 12.5. The molecule has 1 heterocycles. The Bertz CT molecular complexity index is 941. The van der Waals surface area contributed by atoms with Crippen molar-refractivity contribution < 1.29 is 18.7 Å². The van der Waals surface area contributed by atoms with Gasteiger partial charge in [0.15, 0.2) is 0 Å². The number of carbonyl (C=O) groups is 2. The fraction of sp³-hybridized carbons (Fsp3) is 0.143. The van der Waals surface area contributed by atoms with E-state index in [2.05, 4.69) is 10.6 Å². The van der Waals surface area contributed by atoms with Gasteiger partial charge in [-0.05, 0) is 36.4 Å². The van der Waals surface area contributed by atoms with Crippen LogP contribution in [0.15, 0.2) is 76.2 Å². The predicted octanol–water partition coefficient (Wildman–Crippen LogP) is 3.95. The molecule has 0 radical (unpaired) electrons. The normalized spacial score (nSPS) is 10.3. The van der Waals surface area contributed by atoms with Gasteiger partial charge in [-0.3, -0.25) is 9.59 Å². The molecule has 0 aliphatic heterocycles. The molecule has 0 bridgehead atoms. The van der Waals surface area contributed by atoms with Gasteiger partial charge in [0.1, 0.15) is 11.5 Å². The number of hydrogen-bond donors (Lipinski definition) is 2. The van der Waals surface area contributed by atoms with E-state index in [1.807, 2.05) is 18.2 Å². The zero-order valence-electron chi connectivity index (χ0n) is 15.3. The van der Waals surface area contributed by atoms with Crippen molar-refractivity contribution in [2.75, 3.05) is 18.2 Å². The van der Waals surface area contributed by atoms with Crippen molar-refractivity contribution in [3.63, 3.8) is 0 Å². The van der Waals surface area contributed by atoms with Gasteiger partial charge in [-0.25, -0.2) is 0 Å². The van der Waals surface area contributed by atoms with Crippen LogP contribution in [0.4, 0.5) is 5.69 Å². The highest BCUT2D eigenvalue weighted by molar-refractivity contribution is 8.00. The van der Waals surface area contributed by atoms with Crippen LogP contribution in [0.5, 0.6) is 5.75 Å². The molecular weight excluding hydrogens is 376 g/mol. The summed E-state index contributed by atoms with van der Waals surface area (Å²) in [6.07, 6.45) is 1.56. The largest absolute Gasteiger partial charge is 0.497 e. The van der Waals surface area contributed by atoms with E-state index < -0.39 is 0 Å². The fourth-order valence-electron chi connectivity index (χ4n) is 2.50. The van der Waals surface area contributed by atoms with Crippen LogP contribution in [0.25, 0.3) is 0 Å².